The second kappa shape index (κ2) is 8.54. The van der Waals surface area contributed by atoms with Gasteiger partial charge in [0, 0.05) is 5.56 Å². The van der Waals surface area contributed by atoms with Crippen molar-refractivity contribution in [1.82, 2.24) is 10.2 Å². The van der Waals surface area contributed by atoms with Gasteiger partial charge in [-0.15, -0.1) is 5.10 Å². The molecule has 0 saturated heterocycles. The fourth-order valence-electron chi connectivity index (χ4n) is 2.62. The lowest BCUT2D eigenvalue weighted by molar-refractivity contribution is 0.102. The molecule has 0 fully saturated rings. The van der Waals surface area contributed by atoms with Gasteiger partial charge in [-0.05, 0) is 50.2 Å². The third-order valence-corrected chi connectivity index (χ3v) is 6.48. The van der Waals surface area contributed by atoms with Crippen molar-refractivity contribution in [3.8, 4) is 23.0 Å². The average Bonchev–Trinajstić information content (AvgIpc) is 3.21. The molecule has 9 nitrogen and oxygen atoms in total. The Labute approximate surface area is 174 Å². The van der Waals surface area contributed by atoms with Crippen molar-refractivity contribution in [2.75, 3.05) is 19.5 Å². The highest BCUT2D eigenvalue weighted by Gasteiger charge is 2.21. The number of methoxy groups -OCH3 is 2. The topological polar surface area (TPSA) is 121 Å². The van der Waals surface area contributed by atoms with Gasteiger partial charge in [-0.25, -0.2) is 8.42 Å². The molecule has 3 rings (SSSR count). The van der Waals surface area contributed by atoms with Gasteiger partial charge >= 0.3 is 6.01 Å². The summed E-state index contributed by atoms with van der Waals surface area (Å²) in [6.45, 7) is 3.16. The molecule has 0 unspecified atom stereocenters. The Hall–Kier alpha value is -3.40. The maximum atomic E-state index is 12.6. The minimum absolute atomic E-state index is 0.0671. The number of amides is 1. The number of rotatable bonds is 7. The van der Waals surface area contributed by atoms with Crippen molar-refractivity contribution in [3.63, 3.8) is 0 Å². The van der Waals surface area contributed by atoms with E-state index in [4.69, 9.17) is 13.9 Å². The standard InChI is InChI=1S/C20H21N3O6S/c1-12(2)30(25,26)15-7-5-6-13(10-15)18(24)21-20-23-22-19(29-20)16-11-14(27-3)8-9-17(16)28-4/h5-12H,1-4H3,(H,21,23,24). The van der Waals surface area contributed by atoms with Crippen molar-refractivity contribution >= 4 is 21.8 Å². The van der Waals surface area contributed by atoms with Crippen LogP contribution in [0.15, 0.2) is 51.8 Å². The summed E-state index contributed by atoms with van der Waals surface area (Å²) < 4.78 is 40.7. The average molecular weight is 431 g/mol. The highest BCUT2D eigenvalue weighted by atomic mass is 32.2. The molecule has 158 valence electrons. The second-order valence-corrected chi connectivity index (χ2v) is 9.06. The van der Waals surface area contributed by atoms with Gasteiger partial charge in [0.15, 0.2) is 9.84 Å². The third kappa shape index (κ3) is 4.28. The van der Waals surface area contributed by atoms with Crippen molar-refractivity contribution in [3.05, 3.63) is 48.0 Å². The largest absolute Gasteiger partial charge is 0.497 e. The summed E-state index contributed by atoms with van der Waals surface area (Å²) in [6, 6.07) is 10.7. The lowest BCUT2D eigenvalue weighted by atomic mass is 10.2. The molecule has 0 bridgehead atoms. The molecule has 3 aromatic rings. The Morgan fingerprint density at radius 1 is 1.07 bits per heavy atom. The van der Waals surface area contributed by atoms with E-state index in [1.54, 1.807) is 32.0 Å². The summed E-state index contributed by atoms with van der Waals surface area (Å²) in [6.07, 6.45) is 0. The van der Waals surface area contributed by atoms with E-state index in [1.807, 2.05) is 0 Å². The molecule has 2 aromatic carbocycles. The first-order chi connectivity index (χ1) is 14.3. The highest BCUT2D eigenvalue weighted by Crippen LogP contribution is 2.33. The molecule has 0 spiro atoms. The van der Waals surface area contributed by atoms with Crippen LogP contribution in [0.1, 0.15) is 24.2 Å². The van der Waals surface area contributed by atoms with E-state index < -0.39 is 21.0 Å². The minimum Gasteiger partial charge on any atom is -0.497 e. The number of sulfone groups is 1. The number of carbonyl (C=O) groups excluding carboxylic acids is 1. The quantitative estimate of drug-likeness (QED) is 0.605. The van der Waals surface area contributed by atoms with Gasteiger partial charge in [-0.2, -0.15) is 0 Å². The van der Waals surface area contributed by atoms with Crippen LogP contribution in [0.2, 0.25) is 0 Å². The van der Waals surface area contributed by atoms with Crippen molar-refractivity contribution in [2.24, 2.45) is 0 Å². The fraction of sp³-hybridized carbons (Fsp3) is 0.250. The van der Waals surface area contributed by atoms with E-state index in [1.165, 1.54) is 38.5 Å². The Morgan fingerprint density at radius 2 is 1.83 bits per heavy atom. The first-order valence-electron chi connectivity index (χ1n) is 8.97. The van der Waals surface area contributed by atoms with E-state index in [-0.39, 0.29) is 22.4 Å². The molecule has 0 radical (unpaired) electrons. The summed E-state index contributed by atoms with van der Waals surface area (Å²) >= 11 is 0. The molecule has 1 N–H and O–H groups in total. The molecule has 0 aliphatic heterocycles. The van der Waals surface area contributed by atoms with Crippen LogP contribution in [0.25, 0.3) is 11.5 Å². The highest BCUT2D eigenvalue weighted by molar-refractivity contribution is 7.92. The predicted octanol–water partition coefficient (Wildman–Crippen LogP) is 3.19. The molecule has 10 heteroatoms. The maximum Gasteiger partial charge on any atom is 0.322 e. The van der Waals surface area contributed by atoms with Gasteiger partial charge in [0.1, 0.15) is 11.5 Å². The third-order valence-electron chi connectivity index (χ3n) is 4.33. The number of hydrogen-bond acceptors (Lipinski definition) is 8. The SMILES string of the molecule is COc1ccc(OC)c(-c2nnc(NC(=O)c3cccc(S(=O)(=O)C(C)C)c3)o2)c1. The summed E-state index contributed by atoms with van der Waals surface area (Å²) in [7, 11) is -0.480. The summed E-state index contributed by atoms with van der Waals surface area (Å²) in [5.41, 5.74) is 0.644. The smallest absolute Gasteiger partial charge is 0.322 e. The molecule has 0 aliphatic carbocycles. The Morgan fingerprint density at radius 3 is 2.50 bits per heavy atom. The molecular formula is C20H21N3O6S. The first kappa shape index (κ1) is 21.3. The molecule has 1 heterocycles. The van der Waals surface area contributed by atoms with Crippen molar-refractivity contribution in [2.45, 2.75) is 24.0 Å². The van der Waals surface area contributed by atoms with Crippen LogP contribution in [0.4, 0.5) is 6.01 Å². The van der Waals surface area contributed by atoms with Crippen molar-refractivity contribution < 1.29 is 27.1 Å². The van der Waals surface area contributed by atoms with E-state index in [9.17, 15) is 13.2 Å². The summed E-state index contributed by atoms with van der Waals surface area (Å²) in [5, 5.41) is 9.63. The van der Waals surface area contributed by atoms with E-state index in [0.717, 1.165) is 0 Å². The van der Waals surface area contributed by atoms with E-state index in [2.05, 4.69) is 15.5 Å². The lowest BCUT2D eigenvalue weighted by Gasteiger charge is -2.09. The van der Waals surface area contributed by atoms with Gasteiger partial charge in [0.2, 0.25) is 0 Å². The van der Waals surface area contributed by atoms with Gasteiger partial charge < -0.3 is 13.9 Å². The fourth-order valence-corrected chi connectivity index (χ4v) is 3.72. The van der Waals surface area contributed by atoms with Crippen LogP contribution in [0, 0.1) is 0 Å². The molecule has 1 aromatic heterocycles. The first-order valence-corrected chi connectivity index (χ1v) is 10.5. The number of ether oxygens (including phenoxy) is 2. The molecule has 30 heavy (non-hydrogen) atoms. The van der Waals surface area contributed by atoms with Crippen LogP contribution in [-0.2, 0) is 9.84 Å². The van der Waals surface area contributed by atoms with E-state index in [0.29, 0.717) is 17.1 Å². The molecule has 0 aliphatic rings. The van der Waals surface area contributed by atoms with Crippen LogP contribution in [0.3, 0.4) is 0 Å². The number of carbonyl (C=O) groups is 1. The number of aromatic nitrogens is 2. The molecular weight excluding hydrogens is 410 g/mol. The van der Waals surface area contributed by atoms with Crippen LogP contribution >= 0.6 is 0 Å². The zero-order valence-corrected chi connectivity index (χ0v) is 17.7. The zero-order chi connectivity index (χ0) is 21.9. The molecule has 0 saturated carbocycles. The number of hydrogen-bond donors (Lipinski definition) is 1. The lowest BCUT2D eigenvalue weighted by Crippen LogP contribution is -2.16. The number of nitrogens with one attached hydrogen (secondary N) is 1. The normalized spacial score (nSPS) is 11.4. The Kier molecular flexibility index (Phi) is 6.06. The van der Waals surface area contributed by atoms with Crippen LogP contribution < -0.4 is 14.8 Å². The number of anilines is 1. The van der Waals surface area contributed by atoms with Crippen LogP contribution in [0.5, 0.6) is 11.5 Å². The van der Waals surface area contributed by atoms with Gasteiger partial charge in [-0.1, -0.05) is 11.2 Å². The van der Waals surface area contributed by atoms with Gasteiger partial charge in [0.25, 0.3) is 11.8 Å². The summed E-state index contributed by atoms with van der Waals surface area (Å²) in [4.78, 5) is 12.6. The van der Waals surface area contributed by atoms with Crippen LogP contribution in [-0.4, -0.2) is 44.0 Å². The minimum atomic E-state index is -3.51. The number of benzene rings is 2. The molecule has 0 atom stereocenters. The predicted molar refractivity (Wildman–Crippen MR) is 110 cm³/mol. The molecule has 1 amide bonds. The maximum absolute atomic E-state index is 12.6. The monoisotopic (exact) mass is 431 g/mol. The van der Waals surface area contributed by atoms with Crippen molar-refractivity contribution in [1.29, 1.82) is 0 Å². The number of nitrogens with zero attached hydrogens (tertiary/aromatic N) is 2. The van der Waals surface area contributed by atoms with Gasteiger partial charge in [0.05, 0.1) is 29.9 Å². The Bertz CT molecular complexity index is 1170. The Balaban J connectivity index is 1.85. The zero-order valence-electron chi connectivity index (χ0n) is 16.9. The van der Waals surface area contributed by atoms with E-state index >= 15 is 0 Å². The second-order valence-electron chi connectivity index (χ2n) is 6.55. The summed E-state index contributed by atoms with van der Waals surface area (Å²) in [5.74, 6) is 0.600. The van der Waals surface area contributed by atoms with Gasteiger partial charge in [-0.3, -0.25) is 10.1 Å².